The molecule has 0 heterocycles. The van der Waals surface area contributed by atoms with E-state index in [1.807, 2.05) is 64.1 Å². The minimum Gasteiger partial charge on any atom is -0.493 e. The van der Waals surface area contributed by atoms with Crippen molar-refractivity contribution in [3.8, 4) is 11.5 Å². The number of nitrogens with one attached hydrogen (secondary N) is 1. The minimum absolute atomic E-state index is 0.0702. The molecule has 254 valence electrons. The standard InChI is InChI=1S/C37H42FN3O6S/c1-25(2)39-37(43)33(21-28-10-8-7-9-11-28)40(23-29-12-14-30(38)15-13-29)36(42)24-41(31-19-26(3)18-27(4)20-31)48(44,45)32-16-17-34(46-5)35(22-32)47-6/h7-20,22,25,33H,21,23-24H2,1-6H3,(H,39,43)/t33-/m1/s1. The molecule has 0 spiro atoms. The zero-order valence-corrected chi connectivity index (χ0v) is 28.9. The fraction of sp³-hybridized carbons (Fsp3) is 0.297. The van der Waals surface area contributed by atoms with Gasteiger partial charge in [-0.15, -0.1) is 0 Å². The third-order valence-corrected chi connectivity index (χ3v) is 9.45. The van der Waals surface area contributed by atoms with Crippen molar-refractivity contribution in [2.75, 3.05) is 25.1 Å². The molecule has 0 aliphatic heterocycles. The molecule has 0 aliphatic carbocycles. The number of methoxy groups -OCH3 is 2. The molecular weight excluding hydrogens is 633 g/mol. The van der Waals surface area contributed by atoms with Gasteiger partial charge in [0.15, 0.2) is 11.5 Å². The van der Waals surface area contributed by atoms with E-state index in [1.165, 1.54) is 61.6 Å². The van der Waals surface area contributed by atoms with Gasteiger partial charge in [0, 0.05) is 25.1 Å². The molecule has 1 N–H and O–H groups in total. The SMILES string of the molecule is COc1ccc(S(=O)(=O)N(CC(=O)N(Cc2ccc(F)cc2)[C@H](Cc2ccccc2)C(=O)NC(C)C)c2cc(C)cc(C)c2)cc1OC. The number of carbonyl (C=O) groups excluding carboxylic acids is 2. The number of ether oxygens (including phenoxy) is 2. The van der Waals surface area contributed by atoms with E-state index >= 15 is 0 Å². The van der Waals surface area contributed by atoms with Crippen molar-refractivity contribution in [3.63, 3.8) is 0 Å². The number of halogens is 1. The summed E-state index contributed by atoms with van der Waals surface area (Å²) in [5.41, 5.74) is 3.25. The number of aryl methyl sites for hydroxylation is 2. The topological polar surface area (TPSA) is 105 Å². The number of amides is 2. The maximum atomic E-state index is 14.6. The van der Waals surface area contributed by atoms with Gasteiger partial charge in [-0.3, -0.25) is 13.9 Å². The van der Waals surface area contributed by atoms with Gasteiger partial charge in [0.25, 0.3) is 10.0 Å². The van der Waals surface area contributed by atoms with Crippen molar-refractivity contribution < 1.29 is 31.9 Å². The molecule has 48 heavy (non-hydrogen) atoms. The Morgan fingerprint density at radius 3 is 2.02 bits per heavy atom. The lowest BCUT2D eigenvalue weighted by molar-refractivity contribution is -0.140. The van der Waals surface area contributed by atoms with Crippen LogP contribution in [0.25, 0.3) is 0 Å². The molecular formula is C37H42FN3O6S. The summed E-state index contributed by atoms with van der Waals surface area (Å²) >= 11 is 0. The second kappa shape index (κ2) is 15.8. The van der Waals surface area contributed by atoms with Crippen LogP contribution >= 0.6 is 0 Å². The van der Waals surface area contributed by atoms with Crippen LogP contribution in [0, 0.1) is 19.7 Å². The van der Waals surface area contributed by atoms with Gasteiger partial charge in [0.2, 0.25) is 11.8 Å². The number of sulfonamides is 1. The Hall–Kier alpha value is -4.90. The van der Waals surface area contributed by atoms with Gasteiger partial charge in [0.1, 0.15) is 18.4 Å². The highest BCUT2D eigenvalue weighted by atomic mass is 32.2. The van der Waals surface area contributed by atoms with Crippen molar-refractivity contribution in [2.24, 2.45) is 0 Å². The second-order valence-electron chi connectivity index (χ2n) is 11.9. The zero-order valence-electron chi connectivity index (χ0n) is 28.1. The van der Waals surface area contributed by atoms with Crippen LogP contribution < -0.4 is 19.1 Å². The van der Waals surface area contributed by atoms with E-state index in [0.29, 0.717) is 11.3 Å². The van der Waals surface area contributed by atoms with Crippen LogP contribution in [0.15, 0.2) is 95.9 Å². The van der Waals surface area contributed by atoms with Crippen molar-refractivity contribution in [2.45, 2.75) is 57.6 Å². The molecule has 0 aromatic heterocycles. The third-order valence-electron chi connectivity index (χ3n) is 7.68. The molecule has 11 heteroatoms. The van der Waals surface area contributed by atoms with Gasteiger partial charge in [-0.25, -0.2) is 12.8 Å². The number of benzene rings is 4. The van der Waals surface area contributed by atoms with E-state index in [0.717, 1.165) is 21.0 Å². The molecule has 0 saturated heterocycles. The molecule has 9 nitrogen and oxygen atoms in total. The largest absolute Gasteiger partial charge is 0.493 e. The lowest BCUT2D eigenvalue weighted by atomic mass is 10.0. The molecule has 4 aromatic rings. The molecule has 0 bridgehead atoms. The molecule has 4 aromatic carbocycles. The first-order valence-electron chi connectivity index (χ1n) is 15.5. The van der Waals surface area contributed by atoms with Crippen LogP contribution in [0.4, 0.5) is 10.1 Å². The van der Waals surface area contributed by atoms with Crippen LogP contribution in [0.2, 0.25) is 0 Å². The van der Waals surface area contributed by atoms with Gasteiger partial charge in [0.05, 0.1) is 24.8 Å². The summed E-state index contributed by atoms with van der Waals surface area (Å²) in [5.74, 6) is -0.920. The van der Waals surface area contributed by atoms with Crippen molar-refractivity contribution in [1.29, 1.82) is 0 Å². The first-order chi connectivity index (χ1) is 22.8. The predicted octanol–water partition coefficient (Wildman–Crippen LogP) is 5.82. The molecule has 0 aliphatic rings. The summed E-state index contributed by atoms with van der Waals surface area (Å²) in [4.78, 5) is 29.7. The summed E-state index contributed by atoms with van der Waals surface area (Å²) in [7, 11) is -1.52. The summed E-state index contributed by atoms with van der Waals surface area (Å²) in [5, 5.41) is 2.92. The molecule has 0 saturated carbocycles. The number of carbonyl (C=O) groups is 2. The molecule has 0 radical (unpaired) electrons. The van der Waals surface area contributed by atoms with E-state index in [-0.39, 0.29) is 35.3 Å². The van der Waals surface area contributed by atoms with Crippen LogP contribution in [0.3, 0.4) is 0 Å². The average molecular weight is 676 g/mol. The maximum Gasteiger partial charge on any atom is 0.264 e. The Bertz CT molecular complexity index is 1810. The third kappa shape index (κ3) is 8.92. The Balaban J connectivity index is 1.85. The Labute approximate surface area is 282 Å². The van der Waals surface area contributed by atoms with E-state index in [2.05, 4.69) is 5.32 Å². The number of hydrogen-bond donors (Lipinski definition) is 1. The maximum absolute atomic E-state index is 14.6. The normalized spacial score (nSPS) is 11.9. The summed E-state index contributed by atoms with van der Waals surface area (Å²) in [6.07, 6.45) is 0.165. The number of rotatable bonds is 14. The highest BCUT2D eigenvalue weighted by Crippen LogP contribution is 2.33. The Morgan fingerprint density at radius 2 is 1.44 bits per heavy atom. The highest BCUT2D eigenvalue weighted by Gasteiger charge is 2.35. The van der Waals surface area contributed by atoms with Crippen molar-refractivity contribution >= 4 is 27.5 Å². The van der Waals surface area contributed by atoms with Gasteiger partial charge in [-0.05, 0) is 86.3 Å². The fourth-order valence-electron chi connectivity index (χ4n) is 5.45. The Kier molecular flexibility index (Phi) is 11.8. The van der Waals surface area contributed by atoms with Crippen molar-refractivity contribution in [1.82, 2.24) is 10.2 Å². The monoisotopic (exact) mass is 675 g/mol. The quantitative estimate of drug-likeness (QED) is 0.181. The van der Waals surface area contributed by atoms with Crippen LogP contribution in [-0.2, 0) is 32.6 Å². The fourth-order valence-corrected chi connectivity index (χ4v) is 6.86. The van der Waals surface area contributed by atoms with Crippen LogP contribution in [0.1, 0.15) is 36.1 Å². The second-order valence-corrected chi connectivity index (χ2v) is 13.8. The van der Waals surface area contributed by atoms with Crippen LogP contribution in [0.5, 0.6) is 11.5 Å². The number of hydrogen-bond acceptors (Lipinski definition) is 6. The smallest absolute Gasteiger partial charge is 0.264 e. The van der Waals surface area contributed by atoms with E-state index < -0.39 is 40.2 Å². The molecule has 4 rings (SSSR count). The first-order valence-corrected chi connectivity index (χ1v) is 17.0. The van der Waals surface area contributed by atoms with Gasteiger partial charge in [-0.1, -0.05) is 48.5 Å². The molecule has 2 amide bonds. The predicted molar refractivity (Wildman–Crippen MR) is 184 cm³/mol. The van der Waals surface area contributed by atoms with Gasteiger partial charge in [-0.2, -0.15) is 0 Å². The lowest BCUT2D eigenvalue weighted by Crippen LogP contribution is -2.54. The molecule has 0 unspecified atom stereocenters. The molecule has 0 fully saturated rings. The zero-order chi connectivity index (χ0) is 35.0. The summed E-state index contributed by atoms with van der Waals surface area (Å²) < 4.78 is 54.5. The summed E-state index contributed by atoms with van der Waals surface area (Å²) in [6, 6.07) is 23.2. The number of nitrogens with zero attached hydrogens (tertiary/aromatic N) is 2. The first kappa shape index (κ1) is 35.9. The van der Waals surface area contributed by atoms with E-state index in [4.69, 9.17) is 9.47 Å². The molecule has 1 atom stereocenters. The van der Waals surface area contributed by atoms with Crippen LogP contribution in [-0.4, -0.2) is 58.0 Å². The highest BCUT2D eigenvalue weighted by molar-refractivity contribution is 7.92. The number of anilines is 1. The lowest BCUT2D eigenvalue weighted by Gasteiger charge is -2.34. The van der Waals surface area contributed by atoms with E-state index in [1.54, 1.807) is 12.1 Å². The minimum atomic E-state index is -4.38. The van der Waals surface area contributed by atoms with Gasteiger partial charge >= 0.3 is 0 Å². The van der Waals surface area contributed by atoms with Crippen molar-refractivity contribution in [3.05, 3.63) is 119 Å². The van der Waals surface area contributed by atoms with Gasteiger partial charge < -0.3 is 19.7 Å². The van der Waals surface area contributed by atoms with E-state index in [9.17, 15) is 22.4 Å². The average Bonchev–Trinajstić information content (AvgIpc) is 3.05. The Morgan fingerprint density at radius 1 is 0.812 bits per heavy atom. The summed E-state index contributed by atoms with van der Waals surface area (Å²) in [6.45, 7) is 6.63.